The molecular formula is C88H182N6O6S. The number of carbonyl (C=O) groups is 2. The fourth-order valence-electron chi connectivity index (χ4n) is 13.3. The molecule has 1 saturated carbocycles. The van der Waals surface area contributed by atoms with Gasteiger partial charge in [-0.2, -0.15) is 8.42 Å². The molecule has 1 amide bonds. The summed E-state index contributed by atoms with van der Waals surface area (Å²) in [5, 5.41) is 10.5. The molecule has 0 radical (unpaired) electrons. The minimum Gasteiger partial charge on any atom is -0.381 e. The Balaban J connectivity index is -0.000000569. The Kier molecular flexibility index (Phi) is 49.9. The summed E-state index contributed by atoms with van der Waals surface area (Å²) in [6.07, 6.45) is 29.7. The van der Waals surface area contributed by atoms with E-state index >= 15 is 0 Å². The van der Waals surface area contributed by atoms with E-state index < -0.39 is 20.8 Å². The Labute approximate surface area is 632 Å². The topological polar surface area (TPSA) is 193 Å². The lowest BCUT2D eigenvalue weighted by molar-refractivity contribution is -0.122. The van der Waals surface area contributed by atoms with Crippen LogP contribution in [0.25, 0.3) is 0 Å². The van der Waals surface area contributed by atoms with Gasteiger partial charge in [-0.1, -0.05) is 312 Å². The third-order valence-corrected chi connectivity index (χ3v) is 21.0. The van der Waals surface area contributed by atoms with E-state index in [9.17, 15) is 22.6 Å². The molecule has 0 aromatic carbocycles. The van der Waals surface area contributed by atoms with Crippen molar-refractivity contribution in [2.45, 2.75) is 428 Å². The number of unbranched alkanes of at least 4 members (excludes halogenated alkanes) is 6. The number of hydrogen-bond acceptors (Lipinski definition) is 9. The first-order valence-electron chi connectivity index (χ1n) is 40.7. The second-order valence-electron chi connectivity index (χ2n) is 44.9. The minimum absolute atomic E-state index is 0.103. The number of amides is 1. The summed E-state index contributed by atoms with van der Waals surface area (Å²) in [5.74, 6) is 3.63. The van der Waals surface area contributed by atoms with Crippen LogP contribution in [0.5, 0.6) is 0 Å². The van der Waals surface area contributed by atoms with Crippen LogP contribution in [0.3, 0.4) is 0 Å². The van der Waals surface area contributed by atoms with E-state index in [0.717, 1.165) is 134 Å². The van der Waals surface area contributed by atoms with Gasteiger partial charge in [0.25, 0.3) is 10.1 Å². The fraction of sp³-hybridized carbons (Fsp3) is 0.955. The van der Waals surface area contributed by atoms with Gasteiger partial charge in [0.1, 0.15) is 11.5 Å². The smallest absolute Gasteiger partial charge is 0.268 e. The molecule has 13 heteroatoms. The van der Waals surface area contributed by atoms with E-state index in [1.807, 2.05) is 31.6 Å². The van der Waals surface area contributed by atoms with Crippen molar-refractivity contribution in [2.75, 3.05) is 26.3 Å². The maximum Gasteiger partial charge on any atom is 0.268 e. The van der Waals surface area contributed by atoms with Crippen LogP contribution in [-0.4, -0.2) is 71.2 Å². The summed E-state index contributed by atoms with van der Waals surface area (Å²) in [6, 6.07) is 0. The second kappa shape index (κ2) is 47.8. The molecule has 1 aromatic heterocycles. The lowest BCUT2D eigenvalue weighted by atomic mass is 9.67. The van der Waals surface area contributed by atoms with Gasteiger partial charge in [-0.3, -0.25) is 18.8 Å². The highest BCUT2D eigenvalue weighted by Crippen LogP contribution is 2.43. The third-order valence-electron chi connectivity index (χ3n) is 19.4. The van der Waals surface area contributed by atoms with Crippen LogP contribution in [0.4, 0.5) is 0 Å². The van der Waals surface area contributed by atoms with Crippen LogP contribution in [-0.2, 0) is 37.5 Å². The Morgan fingerprint density at radius 3 is 1.27 bits per heavy atom. The number of aromatic nitrogens is 3. The molecule has 1 aromatic rings. The van der Waals surface area contributed by atoms with Crippen molar-refractivity contribution in [3.8, 4) is 0 Å². The number of ketones is 1. The zero-order valence-electron chi connectivity index (χ0n) is 74.8. The highest BCUT2D eigenvalue weighted by Gasteiger charge is 2.36. The molecule has 1 aliphatic rings. The van der Waals surface area contributed by atoms with Gasteiger partial charge in [0, 0.05) is 39.0 Å². The summed E-state index contributed by atoms with van der Waals surface area (Å²) in [5.41, 5.74) is 15.7. The van der Waals surface area contributed by atoms with Crippen molar-refractivity contribution in [2.24, 2.45) is 100 Å². The molecule has 1 fully saturated rings. The zero-order chi connectivity index (χ0) is 80.2. The van der Waals surface area contributed by atoms with Gasteiger partial charge >= 0.3 is 0 Å². The molecular weight excluding hydrogens is 1270 g/mol. The molecule has 0 saturated heterocycles. The average molecular weight is 1450 g/mol. The first-order chi connectivity index (χ1) is 45.0. The summed E-state index contributed by atoms with van der Waals surface area (Å²) in [7, 11) is -3.94. The molecule has 1 unspecified atom stereocenters. The average Bonchev–Trinajstić information content (AvgIpc) is 1.50. The van der Waals surface area contributed by atoms with Crippen molar-refractivity contribution >= 4 is 21.8 Å². The number of nitrogens with zero attached hydrogens (tertiary/aromatic N) is 3. The number of ether oxygens (including phenoxy) is 1. The van der Waals surface area contributed by atoms with Crippen molar-refractivity contribution in [3.63, 3.8) is 0 Å². The Morgan fingerprint density at radius 2 is 0.931 bits per heavy atom. The maximum absolute atomic E-state index is 12.3. The number of nitrogens with one attached hydrogen (secondary N) is 1. The van der Waals surface area contributed by atoms with Gasteiger partial charge in [0.2, 0.25) is 5.91 Å². The number of nitrogens with two attached hydrogens (primary N) is 2. The first kappa shape index (κ1) is 105. The van der Waals surface area contributed by atoms with E-state index in [-0.39, 0.29) is 22.2 Å². The molecule has 0 aliphatic heterocycles. The molecule has 2 rings (SSSR count). The molecule has 6 N–H and O–H groups in total. The van der Waals surface area contributed by atoms with Gasteiger partial charge in [0.15, 0.2) is 0 Å². The SMILES string of the molecule is CC(C)(C)C(CN)C(C)(C)C.CC(C)(C)CC1CCC(C(C)(C)C)CC1.CC(C)(C)CCCCC(C(C)(C)C)S(=O)(=O)O.CC(C)(C)CCCCCC(=O)C[C@@H](CCCCN)C(C)(C)C.CC(C)(C)CCCCCC(=O)NCc1cn(CC(C)(C)C)nn1.CC(C)(C)CCOCCC(C)(C)C. The normalized spacial score (nSPS) is 16.2. The Bertz CT molecular complexity index is 2320. The van der Waals surface area contributed by atoms with Crippen LogP contribution in [0.15, 0.2) is 6.20 Å². The highest BCUT2D eigenvalue weighted by atomic mass is 32.2. The molecule has 2 atom stereocenters. The summed E-state index contributed by atoms with van der Waals surface area (Å²) >= 11 is 0. The lowest BCUT2D eigenvalue weighted by Crippen LogP contribution is -2.38. The largest absolute Gasteiger partial charge is 0.381 e. The van der Waals surface area contributed by atoms with E-state index in [0.29, 0.717) is 80.3 Å². The quantitative estimate of drug-likeness (QED) is 0.0426. The van der Waals surface area contributed by atoms with Crippen LogP contribution in [0, 0.1) is 88.7 Å². The molecule has 0 spiro atoms. The van der Waals surface area contributed by atoms with Gasteiger partial charge in [-0.05, 0) is 185 Å². The van der Waals surface area contributed by atoms with Crippen LogP contribution >= 0.6 is 0 Å². The monoisotopic (exact) mass is 1450 g/mol. The van der Waals surface area contributed by atoms with Crippen LogP contribution in [0.2, 0.25) is 0 Å². The highest BCUT2D eigenvalue weighted by molar-refractivity contribution is 7.86. The Hall–Kier alpha value is -1.93. The fourth-order valence-corrected chi connectivity index (χ4v) is 14.6. The van der Waals surface area contributed by atoms with E-state index in [1.165, 1.54) is 64.2 Å². The van der Waals surface area contributed by atoms with E-state index in [1.54, 1.807) is 0 Å². The van der Waals surface area contributed by atoms with Crippen LogP contribution in [0.1, 0.15) is 415 Å². The Morgan fingerprint density at radius 1 is 0.515 bits per heavy atom. The zero-order valence-corrected chi connectivity index (χ0v) is 75.6. The molecule has 606 valence electrons. The molecule has 1 aliphatic carbocycles. The number of Topliss-reactive ketones (excluding diaryl/α,β-unsaturated/α-hetero) is 1. The molecule has 0 bridgehead atoms. The number of rotatable bonds is 30. The van der Waals surface area contributed by atoms with Crippen molar-refractivity contribution in [1.29, 1.82) is 0 Å². The molecule has 101 heavy (non-hydrogen) atoms. The standard InChI is InChI=1S/C20H41NO.C18H34N4O.C15H30.C13H28O3S.C12H26O.C10H23N/c1-19(2,3)14-10-7-8-13-18(22)16-17(20(4,5)6)12-9-11-15-21;1-17(2,3)11-9-7-8-10-16(23)19-12-15-13-22(21-20-15)14-18(4,5)6;1-14(2,3)11-12-7-9-13(10-8-12)15(4,5)6;1-12(2,3)10-8-7-9-11(13(4,5)6)17(14,15)16;1-11(2,3)7-9-13-10-8-12(4,5)6;1-9(2,3)8(7-11)10(4,5)6/h17H,7-16,21H2,1-6H3;13H,7-12,14H2,1-6H3,(H,19,23);12-13H,7-11H2,1-6H3;11H,7-10H2,1-6H3,(H,14,15,16);7-10H2,1-6H3;8H,7,11H2,1-6H3/t17-;;;;;/m1...../s1. The minimum atomic E-state index is -3.94. The van der Waals surface area contributed by atoms with Gasteiger partial charge in [0.05, 0.1) is 18.0 Å². The predicted octanol–water partition coefficient (Wildman–Crippen LogP) is 25.4. The van der Waals surface area contributed by atoms with Crippen molar-refractivity contribution < 1.29 is 27.3 Å². The summed E-state index contributed by atoms with van der Waals surface area (Å²) < 4.78 is 39.3. The van der Waals surface area contributed by atoms with Crippen LogP contribution < -0.4 is 16.8 Å². The second-order valence-corrected chi connectivity index (χ2v) is 46.5. The van der Waals surface area contributed by atoms with Crippen molar-refractivity contribution in [3.05, 3.63) is 11.9 Å². The van der Waals surface area contributed by atoms with Gasteiger partial charge < -0.3 is 21.5 Å². The maximum atomic E-state index is 12.3. The first-order valence-corrected chi connectivity index (χ1v) is 42.2. The molecule has 1 heterocycles. The van der Waals surface area contributed by atoms with E-state index in [4.69, 9.17) is 16.2 Å². The predicted molar refractivity (Wildman–Crippen MR) is 444 cm³/mol. The summed E-state index contributed by atoms with van der Waals surface area (Å²) in [6.45, 7) is 85.0. The molecule has 12 nitrogen and oxygen atoms in total. The number of hydrogen-bond donors (Lipinski definition) is 4. The summed E-state index contributed by atoms with van der Waals surface area (Å²) in [4.78, 5) is 24.1. The third kappa shape index (κ3) is 68.4. The van der Waals surface area contributed by atoms with Gasteiger partial charge in [-0.15, -0.1) is 5.10 Å². The van der Waals surface area contributed by atoms with Gasteiger partial charge in [-0.25, -0.2) is 0 Å². The van der Waals surface area contributed by atoms with Crippen molar-refractivity contribution in [1.82, 2.24) is 20.3 Å². The number of carbonyl (C=O) groups excluding carboxylic acids is 2. The van der Waals surface area contributed by atoms with E-state index in [2.05, 4.69) is 244 Å². The lowest BCUT2D eigenvalue weighted by Gasteiger charge is -2.39.